The van der Waals surface area contributed by atoms with Gasteiger partial charge in [-0.05, 0) is 48.9 Å². The molecule has 3 rings (SSSR count). The summed E-state index contributed by atoms with van der Waals surface area (Å²) in [5.74, 6) is 3.10. The first kappa shape index (κ1) is 20.2. The van der Waals surface area contributed by atoms with Crippen molar-refractivity contribution in [1.82, 2.24) is 15.1 Å². The van der Waals surface area contributed by atoms with E-state index in [-0.39, 0.29) is 0 Å². The monoisotopic (exact) mass is 370 g/mol. The molecular formula is C23H38N4. The van der Waals surface area contributed by atoms with Crippen molar-refractivity contribution in [2.24, 2.45) is 10.9 Å². The highest BCUT2D eigenvalue weighted by Gasteiger charge is 2.40. The Balaban J connectivity index is 1.50. The van der Waals surface area contributed by atoms with Gasteiger partial charge in [0.2, 0.25) is 0 Å². The SMILES string of the molecule is CCN(CC)CC1CCN(C(=NC)NC2CC2c2ccc(C(C)C)cc2)C1. The molecule has 1 N–H and O–H groups in total. The first-order chi connectivity index (χ1) is 13.0. The van der Waals surface area contributed by atoms with E-state index >= 15 is 0 Å². The molecule has 1 aromatic carbocycles. The van der Waals surface area contributed by atoms with Gasteiger partial charge in [0.25, 0.3) is 0 Å². The molecular weight excluding hydrogens is 332 g/mol. The number of nitrogens with zero attached hydrogens (tertiary/aromatic N) is 3. The topological polar surface area (TPSA) is 30.9 Å². The molecule has 1 aromatic rings. The van der Waals surface area contributed by atoms with Crippen LogP contribution in [-0.4, -0.2) is 61.6 Å². The summed E-state index contributed by atoms with van der Waals surface area (Å²) in [6.45, 7) is 14.8. The van der Waals surface area contributed by atoms with Gasteiger partial charge in [0.15, 0.2) is 5.96 Å². The van der Waals surface area contributed by atoms with Gasteiger partial charge in [-0.15, -0.1) is 0 Å². The Hall–Kier alpha value is -1.55. The Labute approximate surface area is 166 Å². The lowest BCUT2D eigenvalue weighted by Crippen LogP contribution is -2.42. The van der Waals surface area contributed by atoms with Crippen molar-refractivity contribution < 1.29 is 0 Å². The number of hydrogen-bond acceptors (Lipinski definition) is 2. The normalized spacial score (nSPS) is 25.5. The molecule has 3 unspecified atom stereocenters. The van der Waals surface area contributed by atoms with Gasteiger partial charge >= 0.3 is 0 Å². The molecule has 2 aliphatic rings. The first-order valence-corrected chi connectivity index (χ1v) is 10.9. The Kier molecular flexibility index (Phi) is 6.80. The summed E-state index contributed by atoms with van der Waals surface area (Å²) in [5, 5.41) is 3.73. The Morgan fingerprint density at radius 2 is 1.93 bits per heavy atom. The van der Waals surface area contributed by atoms with Crippen LogP contribution in [0.25, 0.3) is 0 Å². The summed E-state index contributed by atoms with van der Waals surface area (Å²) < 4.78 is 0. The minimum absolute atomic E-state index is 0.537. The molecule has 0 spiro atoms. The van der Waals surface area contributed by atoms with Gasteiger partial charge in [-0.1, -0.05) is 52.0 Å². The van der Waals surface area contributed by atoms with E-state index in [0.29, 0.717) is 17.9 Å². The van der Waals surface area contributed by atoms with Crippen LogP contribution in [-0.2, 0) is 0 Å². The second-order valence-corrected chi connectivity index (χ2v) is 8.55. The highest BCUT2D eigenvalue weighted by molar-refractivity contribution is 5.81. The van der Waals surface area contributed by atoms with E-state index in [1.54, 1.807) is 0 Å². The van der Waals surface area contributed by atoms with Gasteiger partial charge in [0.1, 0.15) is 0 Å². The van der Waals surface area contributed by atoms with Crippen LogP contribution in [0, 0.1) is 5.92 Å². The third-order valence-corrected chi connectivity index (χ3v) is 6.34. The second-order valence-electron chi connectivity index (χ2n) is 8.55. The smallest absolute Gasteiger partial charge is 0.193 e. The molecule has 0 bridgehead atoms. The molecule has 1 aliphatic heterocycles. The Morgan fingerprint density at radius 1 is 1.22 bits per heavy atom. The summed E-state index contributed by atoms with van der Waals surface area (Å²) in [7, 11) is 1.93. The predicted octanol–water partition coefficient (Wildman–Crippen LogP) is 3.91. The van der Waals surface area contributed by atoms with Gasteiger partial charge in [0, 0.05) is 38.6 Å². The predicted molar refractivity (Wildman–Crippen MR) is 116 cm³/mol. The van der Waals surface area contributed by atoms with Gasteiger partial charge < -0.3 is 15.1 Å². The first-order valence-electron chi connectivity index (χ1n) is 10.9. The average Bonchev–Trinajstić information content (AvgIpc) is 3.31. The van der Waals surface area contributed by atoms with Crippen LogP contribution in [0.4, 0.5) is 0 Å². The number of aliphatic imine (C=N–C) groups is 1. The number of rotatable bonds is 7. The number of guanidine groups is 1. The van der Waals surface area contributed by atoms with Crippen molar-refractivity contribution in [3.63, 3.8) is 0 Å². The standard InChI is InChI=1S/C23H38N4/c1-6-26(7-2)15-18-12-13-27(16-18)23(24-5)25-22-14-21(22)20-10-8-19(9-11-20)17(3)4/h8-11,17-18,21-22H,6-7,12-16H2,1-5H3,(H,24,25). The maximum Gasteiger partial charge on any atom is 0.193 e. The molecule has 0 amide bonds. The lowest BCUT2D eigenvalue weighted by Gasteiger charge is -2.24. The van der Waals surface area contributed by atoms with E-state index in [9.17, 15) is 0 Å². The fourth-order valence-corrected chi connectivity index (χ4v) is 4.34. The van der Waals surface area contributed by atoms with Crippen LogP contribution in [0.5, 0.6) is 0 Å². The molecule has 4 heteroatoms. The van der Waals surface area contributed by atoms with Crippen LogP contribution in [0.3, 0.4) is 0 Å². The van der Waals surface area contributed by atoms with Gasteiger partial charge in [-0.2, -0.15) is 0 Å². The Bertz CT molecular complexity index is 618. The van der Waals surface area contributed by atoms with E-state index in [0.717, 1.165) is 38.1 Å². The van der Waals surface area contributed by atoms with Crippen molar-refractivity contribution in [2.45, 2.75) is 58.4 Å². The summed E-state index contributed by atoms with van der Waals surface area (Å²) in [4.78, 5) is 9.59. The molecule has 1 saturated carbocycles. The van der Waals surface area contributed by atoms with Crippen LogP contribution >= 0.6 is 0 Å². The van der Waals surface area contributed by atoms with Gasteiger partial charge in [0.05, 0.1) is 0 Å². The number of benzene rings is 1. The van der Waals surface area contributed by atoms with Crippen molar-refractivity contribution >= 4 is 5.96 Å². The van der Waals surface area contributed by atoms with Crippen molar-refractivity contribution in [3.8, 4) is 0 Å². The van der Waals surface area contributed by atoms with E-state index < -0.39 is 0 Å². The summed E-state index contributed by atoms with van der Waals surface area (Å²) in [6, 6.07) is 9.77. The van der Waals surface area contributed by atoms with Crippen LogP contribution in [0.1, 0.15) is 63.5 Å². The fraction of sp³-hybridized carbons (Fsp3) is 0.696. The van der Waals surface area contributed by atoms with Crippen molar-refractivity contribution in [2.75, 3.05) is 39.8 Å². The highest BCUT2D eigenvalue weighted by atomic mass is 15.3. The third-order valence-electron chi connectivity index (χ3n) is 6.34. The van der Waals surface area contributed by atoms with E-state index in [1.807, 2.05) is 7.05 Å². The Morgan fingerprint density at radius 3 is 2.52 bits per heavy atom. The van der Waals surface area contributed by atoms with Crippen LogP contribution in [0.2, 0.25) is 0 Å². The quantitative estimate of drug-likeness (QED) is 0.583. The van der Waals surface area contributed by atoms with Gasteiger partial charge in [-0.3, -0.25) is 4.99 Å². The molecule has 27 heavy (non-hydrogen) atoms. The van der Waals surface area contributed by atoms with Crippen LogP contribution in [0.15, 0.2) is 29.3 Å². The van der Waals surface area contributed by atoms with E-state index in [4.69, 9.17) is 0 Å². The minimum Gasteiger partial charge on any atom is -0.353 e. The summed E-state index contributed by atoms with van der Waals surface area (Å²) in [5.41, 5.74) is 2.89. The van der Waals surface area contributed by atoms with E-state index in [1.165, 1.54) is 30.5 Å². The molecule has 3 atom stereocenters. The zero-order valence-corrected chi connectivity index (χ0v) is 17.9. The lowest BCUT2D eigenvalue weighted by atomic mass is 10.0. The van der Waals surface area contributed by atoms with Crippen LogP contribution < -0.4 is 5.32 Å². The minimum atomic E-state index is 0.537. The maximum atomic E-state index is 4.59. The zero-order chi connectivity index (χ0) is 19.4. The number of nitrogens with one attached hydrogen (secondary N) is 1. The van der Waals surface area contributed by atoms with Gasteiger partial charge in [-0.25, -0.2) is 0 Å². The molecule has 1 aliphatic carbocycles. The third kappa shape index (κ3) is 5.04. The molecule has 0 radical (unpaired) electrons. The van der Waals surface area contributed by atoms with E-state index in [2.05, 4.69) is 72.1 Å². The molecule has 2 fully saturated rings. The fourth-order valence-electron chi connectivity index (χ4n) is 4.34. The zero-order valence-electron chi connectivity index (χ0n) is 17.9. The number of likely N-dealkylation sites (tertiary alicyclic amines) is 1. The average molecular weight is 371 g/mol. The molecule has 0 aromatic heterocycles. The van der Waals surface area contributed by atoms with Crippen molar-refractivity contribution in [3.05, 3.63) is 35.4 Å². The lowest BCUT2D eigenvalue weighted by molar-refractivity contribution is 0.255. The molecule has 150 valence electrons. The number of hydrogen-bond donors (Lipinski definition) is 1. The maximum absolute atomic E-state index is 4.59. The second kappa shape index (κ2) is 9.09. The summed E-state index contributed by atoms with van der Waals surface area (Å²) in [6.07, 6.45) is 2.50. The molecule has 1 saturated heterocycles. The highest BCUT2D eigenvalue weighted by Crippen LogP contribution is 2.41. The largest absolute Gasteiger partial charge is 0.353 e. The van der Waals surface area contributed by atoms with Crippen molar-refractivity contribution in [1.29, 1.82) is 0 Å². The summed E-state index contributed by atoms with van der Waals surface area (Å²) >= 11 is 0. The molecule has 4 nitrogen and oxygen atoms in total. The molecule has 1 heterocycles.